The van der Waals surface area contributed by atoms with Gasteiger partial charge in [-0.25, -0.2) is 4.98 Å². The van der Waals surface area contributed by atoms with Gasteiger partial charge in [-0.1, -0.05) is 18.2 Å². The van der Waals surface area contributed by atoms with Gasteiger partial charge < -0.3 is 9.80 Å². The maximum atomic E-state index is 12.8. The Labute approximate surface area is 161 Å². The van der Waals surface area contributed by atoms with Gasteiger partial charge in [0.05, 0.1) is 22.7 Å². The first-order valence-electron chi connectivity index (χ1n) is 8.86. The van der Waals surface area contributed by atoms with Crippen molar-refractivity contribution in [2.75, 3.05) is 13.6 Å². The second kappa shape index (κ2) is 7.44. The van der Waals surface area contributed by atoms with E-state index < -0.39 is 0 Å². The first-order valence-corrected chi connectivity index (χ1v) is 9.68. The number of benzene rings is 1. The summed E-state index contributed by atoms with van der Waals surface area (Å²) in [4.78, 5) is 37.2. The summed E-state index contributed by atoms with van der Waals surface area (Å²) in [5, 5.41) is 0.906. The van der Waals surface area contributed by atoms with Gasteiger partial charge in [-0.2, -0.15) is 0 Å². The number of aromatic nitrogens is 2. The molecule has 2 aromatic heterocycles. The summed E-state index contributed by atoms with van der Waals surface area (Å²) in [6.07, 6.45) is 3.73. The number of pyridine rings is 1. The molecule has 0 N–H and O–H groups in total. The van der Waals surface area contributed by atoms with Crippen LogP contribution in [0, 0.1) is 5.92 Å². The number of thiazole rings is 1. The van der Waals surface area contributed by atoms with E-state index in [9.17, 15) is 9.59 Å². The Morgan fingerprint density at radius 2 is 2.15 bits per heavy atom. The van der Waals surface area contributed by atoms with E-state index >= 15 is 0 Å². The quantitative estimate of drug-likeness (QED) is 0.683. The molecule has 7 heteroatoms. The highest BCUT2D eigenvalue weighted by Gasteiger charge is 2.35. The number of carbonyl (C=O) groups excluding carboxylic acids is 2. The predicted octanol–water partition coefficient (Wildman–Crippen LogP) is 2.70. The third kappa shape index (κ3) is 3.83. The van der Waals surface area contributed by atoms with Crippen LogP contribution in [0.2, 0.25) is 0 Å². The van der Waals surface area contributed by atoms with Crippen LogP contribution in [0.15, 0.2) is 48.8 Å². The Balaban J connectivity index is 1.39. The maximum Gasteiger partial charge on any atom is 0.228 e. The average Bonchev–Trinajstić information content (AvgIpc) is 3.25. The van der Waals surface area contributed by atoms with E-state index in [2.05, 4.69) is 9.97 Å². The molecule has 1 unspecified atom stereocenters. The summed E-state index contributed by atoms with van der Waals surface area (Å²) in [6.45, 7) is 1.42. The van der Waals surface area contributed by atoms with Gasteiger partial charge in [0.25, 0.3) is 0 Å². The third-order valence-corrected chi connectivity index (χ3v) is 5.77. The van der Waals surface area contributed by atoms with Crippen LogP contribution < -0.4 is 0 Å². The molecule has 3 aromatic rings. The second-order valence-electron chi connectivity index (χ2n) is 6.81. The SMILES string of the molecule is CN(Cc1nc2ccccc2s1)C(=O)C1CC(=O)N(Cc2cccnc2)C1. The molecule has 138 valence electrons. The topological polar surface area (TPSA) is 66.4 Å². The molecule has 0 saturated carbocycles. The largest absolute Gasteiger partial charge is 0.339 e. The van der Waals surface area contributed by atoms with E-state index in [-0.39, 0.29) is 24.2 Å². The molecule has 1 fully saturated rings. The van der Waals surface area contributed by atoms with Gasteiger partial charge in [-0.15, -0.1) is 11.3 Å². The highest BCUT2D eigenvalue weighted by molar-refractivity contribution is 7.18. The molecule has 1 saturated heterocycles. The predicted molar refractivity (Wildman–Crippen MR) is 104 cm³/mol. The number of hydrogen-bond donors (Lipinski definition) is 0. The standard InChI is InChI=1S/C20H20N4O2S/c1-23(13-18-22-16-6-2-3-7-17(16)27-18)20(26)15-9-19(25)24(12-15)11-14-5-4-8-21-10-14/h2-8,10,15H,9,11-13H2,1H3. The van der Waals surface area contributed by atoms with E-state index in [1.54, 1.807) is 40.6 Å². The second-order valence-corrected chi connectivity index (χ2v) is 7.92. The molecule has 3 heterocycles. The Morgan fingerprint density at radius 3 is 2.93 bits per heavy atom. The number of likely N-dealkylation sites (tertiary alicyclic amines) is 1. The minimum absolute atomic E-state index is 0.00343. The summed E-state index contributed by atoms with van der Waals surface area (Å²) in [5.74, 6) is -0.282. The molecule has 0 spiro atoms. The van der Waals surface area contributed by atoms with Crippen LogP contribution in [0.5, 0.6) is 0 Å². The van der Waals surface area contributed by atoms with Crippen LogP contribution in [0.4, 0.5) is 0 Å². The number of hydrogen-bond acceptors (Lipinski definition) is 5. The molecule has 27 heavy (non-hydrogen) atoms. The van der Waals surface area contributed by atoms with Gasteiger partial charge in [0.2, 0.25) is 11.8 Å². The van der Waals surface area contributed by atoms with Crippen molar-refractivity contribution in [1.29, 1.82) is 0 Å². The lowest BCUT2D eigenvalue weighted by molar-refractivity contribution is -0.135. The van der Waals surface area contributed by atoms with E-state index in [1.165, 1.54) is 0 Å². The highest BCUT2D eigenvalue weighted by atomic mass is 32.1. The van der Waals surface area contributed by atoms with Crippen molar-refractivity contribution in [3.63, 3.8) is 0 Å². The monoisotopic (exact) mass is 380 g/mol. The van der Waals surface area contributed by atoms with Crippen molar-refractivity contribution in [2.24, 2.45) is 5.92 Å². The van der Waals surface area contributed by atoms with Crippen molar-refractivity contribution in [3.8, 4) is 0 Å². The van der Waals surface area contributed by atoms with E-state index in [1.807, 2.05) is 36.4 Å². The molecule has 1 aliphatic heterocycles. The van der Waals surface area contributed by atoms with Crippen molar-refractivity contribution >= 4 is 33.4 Å². The van der Waals surface area contributed by atoms with Gasteiger partial charge >= 0.3 is 0 Å². The van der Waals surface area contributed by atoms with Crippen LogP contribution in [0.3, 0.4) is 0 Å². The molecule has 2 amide bonds. The summed E-state index contributed by atoms with van der Waals surface area (Å²) in [7, 11) is 1.78. The van der Waals surface area contributed by atoms with Crippen LogP contribution in [-0.4, -0.2) is 45.2 Å². The zero-order valence-corrected chi connectivity index (χ0v) is 15.9. The van der Waals surface area contributed by atoms with Crippen molar-refractivity contribution in [1.82, 2.24) is 19.8 Å². The number of rotatable bonds is 5. The molecule has 6 nitrogen and oxygen atoms in total. The lowest BCUT2D eigenvalue weighted by atomic mass is 10.1. The summed E-state index contributed by atoms with van der Waals surface area (Å²) < 4.78 is 1.12. The van der Waals surface area contributed by atoms with Crippen LogP contribution >= 0.6 is 11.3 Å². The first-order chi connectivity index (χ1) is 13.1. The fourth-order valence-electron chi connectivity index (χ4n) is 3.38. The first kappa shape index (κ1) is 17.6. The number of carbonyl (C=O) groups is 2. The Kier molecular flexibility index (Phi) is 4.85. The zero-order valence-electron chi connectivity index (χ0n) is 15.0. The zero-order chi connectivity index (χ0) is 18.8. The molecule has 1 aliphatic rings. The maximum absolute atomic E-state index is 12.8. The number of nitrogens with zero attached hydrogens (tertiary/aromatic N) is 4. The number of amides is 2. The fourth-order valence-corrected chi connectivity index (χ4v) is 4.40. The third-order valence-electron chi connectivity index (χ3n) is 4.75. The molecule has 1 aromatic carbocycles. The summed E-state index contributed by atoms with van der Waals surface area (Å²) in [5.41, 5.74) is 1.93. The molecule has 0 bridgehead atoms. The molecule has 0 radical (unpaired) electrons. The van der Waals surface area contributed by atoms with Crippen molar-refractivity contribution < 1.29 is 9.59 Å². The lowest BCUT2D eigenvalue weighted by Gasteiger charge is -2.20. The molecule has 1 atom stereocenters. The van der Waals surface area contributed by atoms with Gasteiger partial charge in [-0.3, -0.25) is 14.6 Å². The van der Waals surface area contributed by atoms with Crippen LogP contribution in [0.25, 0.3) is 10.2 Å². The Hall–Kier alpha value is -2.80. The fraction of sp³-hybridized carbons (Fsp3) is 0.300. The molecule has 0 aliphatic carbocycles. The molecule has 4 rings (SSSR count). The minimum Gasteiger partial charge on any atom is -0.339 e. The van der Waals surface area contributed by atoms with E-state index in [0.29, 0.717) is 19.6 Å². The molecular formula is C20H20N4O2S. The van der Waals surface area contributed by atoms with Crippen LogP contribution in [-0.2, 0) is 22.7 Å². The number of para-hydroxylation sites is 1. The van der Waals surface area contributed by atoms with Gasteiger partial charge in [0, 0.05) is 39.0 Å². The normalized spacial score (nSPS) is 16.9. The van der Waals surface area contributed by atoms with Crippen molar-refractivity contribution in [2.45, 2.75) is 19.5 Å². The summed E-state index contributed by atoms with van der Waals surface area (Å²) >= 11 is 1.60. The van der Waals surface area contributed by atoms with Gasteiger partial charge in [0.15, 0.2) is 0 Å². The lowest BCUT2D eigenvalue weighted by Crippen LogP contribution is -2.34. The van der Waals surface area contributed by atoms with Gasteiger partial charge in [0.1, 0.15) is 5.01 Å². The smallest absolute Gasteiger partial charge is 0.228 e. The minimum atomic E-state index is -0.298. The van der Waals surface area contributed by atoms with Gasteiger partial charge in [-0.05, 0) is 23.8 Å². The van der Waals surface area contributed by atoms with E-state index in [0.717, 1.165) is 20.8 Å². The summed E-state index contributed by atoms with van der Waals surface area (Å²) in [6, 6.07) is 11.7. The Morgan fingerprint density at radius 1 is 1.30 bits per heavy atom. The number of fused-ring (bicyclic) bond motifs is 1. The average molecular weight is 380 g/mol. The molecular weight excluding hydrogens is 360 g/mol. The highest BCUT2D eigenvalue weighted by Crippen LogP contribution is 2.25. The van der Waals surface area contributed by atoms with E-state index in [4.69, 9.17) is 0 Å². The van der Waals surface area contributed by atoms with Crippen LogP contribution in [0.1, 0.15) is 17.0 Å². The Bertz CT molecular complexity index is 939. The van der Waals surface area contributed by atoms with Crippen molar-refractivity contribution in [3.05, 3.63) is 59.4 Å².